The number of aromatic nitrogens is 4. The number of nitrogen functional groups attached to an aromatic ring is 1. The van der Waals surface area contributed by atoms with E-state index in [1.165, 1.54) is 29.3 Å². The van der Waals surface area contributed by atoms with E-state index in [2.05, 4.69) is 20.2 Å². The lowest BCUT2D eigenvalue weighted by Crippen LogP contribution is -2.21. The Hall–Kier alpha value is -4.28. The molecule has 2 N–H and O–H groups in total. The minimum absolute atomic E-state index is 0.0301. The number of carbonyl (C=O) groups is 1. The van der Waals surface area contributed by atoms with E-state index in [-0.39, 0.29) is 34.8 Å². The van der Waals surface area contributed by atoms with Crippen molar-refractivity contribution in [3.05, 3.63) is 65.9 Å². The molecular formula is C22H17F3N6O2. The molecule has 1 amide bonds. The lowest BCUT2D eigenvalue weighted by atomic mass is 10.1. The van der Waals surface area contributed by atoms with Crippen LogP contribution in [-0.4, -0.2) is 45.1 Å². The van der Waals surface area contributed by atoms with Crippen LogP contribution in [0.4, 0.5) is 19.0 Å². The van der Waals surface area contributed by atoms with Crippen LogP contribution >= 0.6 is 0 Å². The van der Waals surface area contributed by atoms with Crippen LogP contribution in [0.2, 0.25) is 0 Å². The summed E-state index contributed by atoms with van der Waals surface area (Å²) in [6, 6.07) is 11.6. The minimum Gasteiger partial charge on any atom is -0.414 e. The van der Waals surface area contributed by atoms with Crippen molar-refractivity contribution in [1.29, 1.82) is 0 Å². The number of nitrogens with two attached hydrogens (primary N) is 1. The predicted molar refractivity (Wildman–Crippen MR) is 114 cm³/mol. The maximum atomic E-state index is 13.3. The average molecular weight is 454 g/mol. The lowest BCUT2D eigenvalue weighted by molar-refractivity contribution is -0.137. The summed E-state index contributed by atoms with van der Waals surface area (Å²) in [6.45, 7) is 0. The molecule has 0 unspecified atom stereocenters. The van der Waals surface area contributed by atoms with Gasteiger partial charge in [0.15, 0.2) is 11.5 Å². The van der Waals surface area contributed by atoms with Crippen LogP contribution in [0.5, 0.6) is 0 Å². The first-order valence-electron chi connectivity index (χ1n) is 9.60. The van der Waals surface area contributed by atoms with Gasteiger partial charge in [0, 0.05) is 25.2 Å². The number of hydrogen-bond donors (Lipinski definition) is 1. The molecule has 0 saturated carbocycles. The van der Waals surface area contributed by atoms with Gasteiger partial charge in [-0.2, -0.15) is 13.2 Å². The minimum atomic E-state index is -4.59. The monoisotopic (exact) mass is 454 g/mol. The van der Waals surface area contributed by atoms with E-state index in [1.54, 1.807) is 38.4 Å². The van der Waals surface area contributed by atoms with Gasteiger partial charge >= 0.3 is 6.18 Å². The van der Waals surface area contributed by atoms with Crippen molar-refractivity contribution < 1.29 is 22.4 Å². The molecule has 0 aliphatic heterocycles. The van der Waals surface area contributed by atoms with Crippen molar-refractivity contribution in [3.8, 4) is 34.3 Å². The summed E-state index contributed by atoms with van der Waals surface area (Å²) in [6.07, 6.45) is -3.16. The summed E-state index contributed by atoms with van der Waals surface area (Å²) in [5, 5.41) is 7.57. The van der Waals surface area contributed by atoms with Crippen molar-refractivity contribution in [2.45, 2.75) is 6.18 Å². The number of halogens is 3. The van der Waals surface area contributed by atoms with Gasteiger partial charge in [0.25, 0.3) is 11.8 Å². The Morgan fingerprint density at radius 1 is 1.00 bits per heavy atom. The van der Waals surface area contributed by atoms with Crippen LogP contribution in [-0.2, 0) is 6.18 Å². The fourth-order valence-electron chi connectivity index (χ4n) is 3.08. The molecule has 0 aliphatic carbocycles. The van der Waals surface area contributed by atoms with Crippen molar-refractivity contribution in [2.75, 3.05) is 19.8 Å². The maximum absolute atomic E-state index is 13.3. The molecule has 4 rings (SSSR count). The lowest BCUT2D eigenvalue weighted by Gasteiger charge is -2.10. The van der Waals surface area contributed by atoms with E-state index in [0.717, 1.165) is 6.07 Å². The fraction of sp³-hybridized carbons (Fsp3) is 0.136. The molecule has 33 heavy (non-hydrogen) atoms. The summed E-state index contributed by atoms with van der Waals surface area (Å²) in [5.74, 6) is -0.676. The van der Waals surface area contributed by atoms with Gasteiger partial charge in [0.2, 0.25) is 5.89 Å². The van der Waals surface area contributed by atoms with Crippen LogP contribution in [0, 0.1) is 0 Å². The van der Waals surface area contributed by atoms with E-state index in [4.69, 9.17) is 10.2 Å². The fourth-order valence-corrected chi connectivity index (χ4v) is 3.08. The first-order chi connectivity index (χ1) is 15.6. The highest BCUT2D eigenvalue weighted by molar-refractivity contribution is 5.94. The summed E-state index contributed by atoms with van der Waals surface area (Å²) < 4.78 is 45.5. The third-order valence-corrected chi connectivity index (χ3v) is 4.73. The van der Waals surface area contributed by atoms with Crippen molar-refractivity contribution in [3.63, 3.8) is 0 Å². The van der Waals surface area contributed by atoms with Crippen LogP contribution < -0.4 is 5.73 Å². The van der Waals surface area contributed by atoms with E-state index >= 15 is 0 Å². The SMILES string of the molecule is CN(C)C(=O)c1ccc(-c2cnc(N)c(-c3nnc(-c4ccccc4C(F)(F)F)o3)n2)cc1. The first-order valence-corrected chi connectivity index (χ1v) is 9.60. The molecule has 2 aromatic carbocycles. The number of hydrogen-bond acceptors (Lipinski definition) is 7. The Labute approximate surface area is 185 Å². The first kappa shape index (κ1) is 21.9. The Morgan fingerprint density at radius 3 is 2.33 bits per heavy atom. The molecular weight excluding hydrogens is 437 g/mol. The van der Waals surface area contributed by atoms with E-state index in [1.807, 2.05) is 0 Å². The summed E-state index contributed by atoms with van der Waals surface area (Å²) >= 11 is 0. The maximum Gasteiger partial charge on any atom is 0.417 e. The normalized spacial score (nSPS) is 11.4. The molecule has 2 aromatic heterocycles. The zero-order chi connectivity index (χ0) is 23.8. The quantitative estimate of drug-likeness (QED) is 0.493. The van der Waals surface area contributed by atoms with Gasteiger partial charge in [-0.15, -0.1) is 10.2 Å². The molecule has 0 aliphatic rings. The molecule has 0 atom stereocenters. The Kier molecular flexibility index (Phi) is 5.54. The molecule has 0 radical (unpaired) electrons. The number of amides is 1. The van der Waals surface area contributed by atoms with Crippen LogP contribution in [0.25, 0.3) is 34.3 Å². The number of carbonyl (C=O) groups excluding carboxylic acids is 1. The smallest absolute Gasteiger partial charge is 0.414 e. The third-order valence-electron chi connectivity index (χ3n) is 4.73. The predicted octanol–water partition coefficient (Wildman–Crippen LogP) is 4.16. The second-order valence-corrected chi connectivity index (χ2v) is 7.22. The Morgan fingerprint density at radius 2 is 1.67 bits per heavy atom. The topological polar surface area (TPSA) is 111 Å². The highest BCUT2D eigenvalue weighted by Gasteiger charge is 2.35. The molecule has 8 nitrogen and oxygen atoms in total. The van der Waals surface area contributed by atoms with Crippen LogP contribution in [0.1, 0.15) is 15.9 Å². The zero-order valence-corrected chi connectivity index (χ0v) is 17.5. The second-order valence-electron chi connectivity index (χ2n) is 7.22. The second kappa shape index (κ2) is 8.34. The molecule has 0 saturated heterocycles. The average Bonchev–Trinajstić information content (AvgIpc) is 3.28. The molecule has 4 aromatic rings. The molecule has 168 valence electrons. The molecule has 0 spiro atoms. The standard InChI is InChI=1S/C22H17F3N6O2/c1-31(2)21(32)13-9-7-12(8-10-13)16-11-27-18(26)17(28-16)20-30-29-19(33-20)14-5-3-4-6-15(14)22(23,24)25/h3-11H,1-2H3,(H2,26,27). The largest absolute Gasteiger partial charge is 0.417 e. The number of alkyl halides is 3. The molecule has 0 bridgehead atoms. The van der Waals surface area contributed by atoms with Gasteiger partial charge in [-0.05, 0) is 24.3 Å². The Balaban J connectivity index is 1.70. The number of benzene rings is 2. The van der Waals surface area contributed by atoms with E-state index in [0.29, 0.717) is 16.8 Å². The van der Waals surface area contributed by atoms with Crippen molar-refractivity contribution in [2.24, 2.45) is 0 Å². The molecule has 11 heteroatoms. The zero-order valence-electron chi connectivity index (χ0n) is 17.5. The number of anilines is 1. The van der Waals surface area contributed by atoms with E-state index in [9.17, 15) is 18.0 Å². The van der Waals surface area contributed by atoms with Gasteiger partial charge in [-0.1, -0.05) is 24.3 Å². The van der Waals surface area contributed by atoms with Crippen molar-refractivity contribution >= 4 is 11.7 Å². The van der Waals surface area contributed by atoms with Crippen LogP contribution in [0.3, 0.4) is 0 Å². The van der Waals surface area contributed by atoms with Gasteiger partial charge in [0.05, 0.1) is 23.0 Å². The summed E-state index contributed by atoms with van der Waals surface area (Å²) in [4.78, 5) is 22.0. The van der Waals surface area contributed by atoms with Gasteiger partial charge in [-0.25, -0.2) is 9.97 Å². The summed E-state index contributed by atoms with van der Waals surface area (Å²) in [5.41, 5.74) is 6.32. The van der Waals surface area contributed by atoms with Crippen molar-refractivity contribution in [1.82, 2.24) is 25.1 Å². The van der Waals surface area contributed by atoms with Gasteiger partial charge in [-0.3, -0.25) is 4.79 Å². The highest BCUT2D eigenvalue weighted by Crippen LogP contribution is 2.37. The number of nitrogens with zero attached hydrogens (tertiary/aromatic N) is 5. The summed E-state index contributed by atoms with van der Waals surface area (Å²) in [7, 11) is 3.31. The van der Waals surface area contributed by atoms with Gasteiger partial charge < -0.3 is 15.1 Å². The van der Waals surface area contributed by atoms with Gasteiger partial charge in [0.1, 0.15) is 0 Å². The van der Waals surface area contributed by atoms with Crippen LogP contribution in [0.15, 0.2) is 59.1 Å². The molecule has 0 fully saturated rings. The van der Waals surface area contributed by atoms with E-state index < -0.39 is 11.7 Å². The highest BCUT2D eigenvalue weighted by atomic mass is 19.4. The molecule has 2 heterocycles. The Bertz CT molecular complexity index is 1320. The number of rotatable bonds is 4. The third kappa shape index (κ3) is 4.38.